The molecule has 1 amide bonds. The van der Waals surface area contributed by atoms with Gasteiger partial charge in [-0.1, -0.05) is 23.7 Å². The second kappa shape index (κ2) is 6.94. The monoisotopic (exact) mass is 358 g/mol. The Balaban J connectivity index is 1.69. The summed E-state index contributed by atoms with van der Waals surface area (Å²) in [6, 6.07) is 10.1. The number of nitrogens with one attached hydrogen (secondary N) is 1. The lowest BCUT2D eigenvalue weighted by Crippen LogP contribution is -2.30. The van der Waals surface area contributed by atoms with E-state index in [1.165, 1.54) is 13.3 Å². The van der Waals surface area contributed by atoms with Crippen LogP contribution in [0.3, 0.4) is 0 Å². The van der Waals surface area contributed by atoms with Crippen LogP contribution in [0.25, 0.3) is 11.1 Å². The van der Waals surface area contributed by atoms with E-state index in [0.717, 1.165) is 5.56 Å². The Morgan fingerprint density at radius 3 is 2.84 bits per heavy atom. The van der Waals surface area contributed by atoms with Gasteiger partial charge in [-0.25, -0.2) is 9.78 Å². The zero-order valence-electron chi connectivity index (χ0n) is 13.6. The third kappa shape index (κ3) is 3.64. The Kier molecular flexibility index (Phi) is 4.72. The molecule has 0 aliphatic rings. The lowest BCUT2D eigenvalue weighted by Gasteiger charge is -2.14. The maximum absolute atomic E-state index is 12.3. The lowest BCUT2D eigenvalue weighted by atomic mass is 10.2. The van der Waals surface area contributed by atoms with Gasteiger partial charge in [0.05, 0.1) is 5.56 Å². The summed E-state index contributed by atoms with van der Waals surface area (Å²) in [5.41, 5.74) is 2.54. The first kappa shape index (κ1) is 17.0. The number of hydrogen-bond donors (Lipinski definition) is 1. The molecule has 0 fully saturated rings. The summed E-state index contributed by atoms with van der Waals surface area (Å²) in [6.45, 7) is 3.36. The molecular formula is C18H15ClN2O4. The molecule has 0 radical (unpaired) electrons. The third-order valence-electron chi connectivity index (χ3n) is 3.67. The van der Waals surface area contributed by atoms with Gasteiger partial charge in [-0.15, -0.1) is 0 Å². The van der Waals surface area contributed by atoms with Crippen LogP contribution in [0.1, 0.15) is 22.8 Å². The summed E-state index contributed by atoms with van der Waals surface area (Å²) >= 11 is 6.03. The number of aryl methyl sites for hydroxylation is 1. The first-order valence-electron chi connectivity index (χ1n) is 7.56. The van der Waals surface area contributed by atoms with E-state index in [2.05, 4.69) is 10.3 Å². The predicted molar refractivity (Wildman–Crippen MR) is 93.7 cm³/mol. The van der Waals surface area contributed by atoms with Gasteiger partial charge >= 0.3 is 5.97 Å². The molecule has 0 spiro atoms. The van der Waals surface area contributed by atoms with Crippen LogP contribution in [0.2, 0.25) is 5.02 Å². The van der Waals surface area contributed by atoms with Gasteiger partial charge in [0, 0.05) is 10.7 Å². The quantitative estimate of drug-likeness (QED) is 0.713. The molecule has 1 aromatic heterocycles. The van der Waals surface area contributed by atoms with Crippen molar-refractivity contribution in [3.63, 3.8) is 0 Å². The SMILES string of the molecule is Cc1ccc(NC(=O)C(C)OC(=O)c2cccc3ocnc23)cc1Cl. The van der Waals surface area contributed by atoms with Crippen molar-refractivity contribution < 1.29 is 18.7 Å². The molecular weight excluding hydrogens is 344 g/mol. The highest BCUT2D eigenvalue weighted by Gasteiger charge is 2.21. The molecule has 0 saturated heterocycles. The molecule has 1 heterocycles. The summed E-state index contributed by atoms with van der Waals surface area (Å²) < 4.78 is 10.4. The second-order valence-corrected chi connectivity index (χ2v) is 5.91. The number of esters is 1. The second-order valence-electron chi connectivity index (χ2n) is 5.51. The minimum absolute atomic E-state index is 0.240. The number of ether oxygens (including phenoxy) is 1. The summed E-state index contributed by atoms with van der Waals surface area (Å²) in [6.07, 6.45) is 0.258. The molecule has 1 unspecified atom stereocenters. The Bertz CT molecular complexity index is 951. The fourth-order valence-corrected chi connectivity index (χ4v) is 2.42. The van der Waals surface area contributed by atoms with Crippen molar-refractivity contribution in [3.8, 4) is 0 Å². The highest BCUT2D eigenvalue weighted by molar-refractivity contribution is 6.31. The van der Waals surface area contributed by atoms with Crippen LogP contribution >= 0.6 is 11.6 Å². The summed E-state index contributed by atoms with van der Waals surface area (Å²) in [5.74, 6) is -1.11. The zero-order valence-corrected chi connectivity index (χ0v) is 14.3. The lowest BCUT2D eigenvalue weighted by molar-refractivity contribution is -0.123. The van der Waals surface area contributed by atoms with Crippen molar-refractivity contribution in [1.82, 2.24) is 4.98 Å². The van der Waals surface area contributed by atoms with E-state index in [0.29, 0.717) is 21.8 Å². The van der Waals surface area contributed by atoms with Crippen molar-refractivity contribution in [1.29, 1.82) is 0 Å². The number of carbonyl (C=O) groups is 2. The highest BCUT2D eigenvalue weighted by atomic mass is 35.5. The van der Waals surface area contributed by atoms with E-state index in [1.807, 2.05) is 6.92 Å². The number of oxazole rings is 1. The fraction of sp³-hybridized carbons (Fsp3) is 0.167. The van der Waals surface area contributed by atoms with E-state index in [1.54, 1.807) is 36.4 Å². The summed E-state index contributed by atoms with van der Waals surface area (Å²) in [4.78, 5) is 28.5. The van der Waals surface area contributed by atoms with Crippen LogP contribution in [0, 0.1) is 6.92 Å². The number of anilines is 1. The highest BCUT2D eigenvalue weighted by Crippen LogP contribution is 2.21. The van der Waals surface area contributed by atoms with Crippen molar-refractivity contribution in [2.75, 3.05) is 5.32 Å². The number of halogens is 1. The van der Waals surface area contributed by atoms with E-state index >= 15 is 0 Å². The van der Waals surface area contributed by atoms with Gasteiger partial charge in [0.2, 0.25) is 0 Å². The molecule has 25 heavy (non-hydrogen) atoms. The van der Waals surface area contributed by atoms with E-state index < -0.39 is 18.0 Å². The maximum atomic E-state index is 12.3. The smallest absolute Gasteiger partial charge is 0.341 e. The van der Waals surface area contributed by atoms with Gasteiger partial charge in [-0.05, 0) is 43.7 Å². The van der Waals surface area contributed by atoms with Crippen molar-refractivity contribution >= 4 is 40.3 Å². The number of amides is 1. The van der Waals surface area contributed by atoms with Crippen molar-refractivity contribution in [2.24, 2.45) is 0 Å². The Morgan fingerprint density at radius 2 is 2.08 bits per heavy atom. The molecule has 7 heteroatoms. The molecule has 1 N–H and O–H groups in total. The van der Waals surface area contributed by atoms with Gasteiger partial charge in [0.25, 0.3) is 5.91 Å². The van der Waals surface area contributed by atoms with Crippen LogP contribution in [0.5, 0.6) is 0 Å². The molecule has 6 nitrogen and oxygen atoms in total. The molecule has 128 valence electrons. The minimum atomic E-state index is -0.991. The van der Waals surface area contributed by atoms with Crippen LogP contribution in [0.15, 0.2) is 47.2 Å². The Labute approximate surface area is 148 Å². The molecule has 3 rings (SSSR count). The number of fused-ring (bicyclic) bond motifs is 1. The van der Waals surface area contributed by atoms with Crippen molar-refractivity contribution in [2.45, 2.75) is 20.0 Å². The Hall–Kier alpha value is -2.86. The van der Waals surface area contributed by atoms with E-state index in [4.69, 9.17) is 20.8 Å². The number of benzene rings is 2. The molecule has 0 aliphatic carbocycles. The number of para-hydroxylation sites is 1. The number of rotatable bonds is 4. The van der Waals surface area contributed by atoms with Crippen molar-refractivity contribution in [3.05, 3.63) is 58.9 Å². The molecule has 0 bridgehead atoms. The fourth-order valence-electron chi connectivity index (χ4n) is 2.24. The van der Waals surface area contributed by atoms with Crippen LogP contribution < -0.4 is 5.32 Å². The van der Waals surface area contributed by atoms with Gasteiger partial charge in [0.1, 0.15) is 5.52 Å². The van der Waals surface area contributed by atoms with E-state index in [-0.39, 0.29) is 5.56 Å². The number of hydrogen-bond acceptors (Lipinski definition) is 5. The number of aromatic nitrogens is 1. The average Bonchev–Trinajstić information content (AvgIpc) is 3.06. The summed E-state index contributed by atoms with van der Waals surface area (Å²) in [7, 11) is 0. The first-order chi connectivity index (χ1) is 12.0. The number of carbonyl (C=O) groups excluding carboxylic acids is 2. The standard InChI is InChI=1S/C18H15ClN2O4/c1-10-6-7-12(8-14(10)19)21-17(22)11(2)25-18(23)13-4-3-5-15-16(13)20-9-24-15/h3-9,11H,1-2H3,(H,21,22). The van der Waals surface area contributed by atoms with Gasteiger partial charge in [-0.3, -0.25) is 4.79 Å². The van der Waals surface area contributed by atoms with Crippen LogP contribution in [-0.4, -0.2) is 23.0 Å². The van der Waals surface area contributed by atoms with Gasteiger partial charge in [0.15, 0.2) is 18.1 Å². The molecule has 0 saturated carbocycles. The van der Waals surface area contributed by atoms with Crippen LogP contribution in [-0.2, 0) is 9.53 Å². The molecule has 2 aromatic carbocycles. The topological polar surface area (TPSA) is 81.4 Å². The Morgan fingerprint density at radius 1 is 1.28 bits per heavy atom. The zero-order chi connectivity index (χ0) is 18.0. The largest absolute Gasteiger partial charge is 0.449 e. The molecule has 1 atom stereocenters. The minimum Gasteiger partial charge on any atom is -0.449 e. The van der Waals surface area contributed by atoms with Gasteiger partial charge < -0.3 is 14.5 Å². The van der Waals surface area contributed by atoms with Crippen LogP contribution in [0.4, 0.5) is 5.69 Å². The molecule has 0 aliphatic heterocycles. The third-order valence-corrected chi connectivity index (χ3v) is 4.08. The van der Waals surface area contributed by atoms with Gasteiger partial charge in [-0.2, -0.15) is 0 Å². The average molecular weight is 359 g/mol. The maximum Gasteiger partial charge on any atom is 0.341 e. The van der Waals surface area contributed by atoms with E-state index in [9.17, 15) is 9.59 Å². The molecule has 3 aromatic rings. The summed E-state index contributed by atoms with van der Waals surface area (Å²) in [5, 5.41) is 3.21. The number of nitrogens with zero attached hydrogens (tertiary/aromatic N) is 1. The predicted octanol–water partition coefficient (Wildman–Crippen LogP) is 3.97. The normalized spacial score (nSPS) is 12.0. The first-order valence-corrected chi connectivity index (χ1v) is 7.93.